The number of aromatic nitrogens is 2. The normalized spacial score (nSPS) is 17.4. The highest BCUT2D eigenvalue weighted by molar-refractivity contribution is 8.18. The van der Waals surface area contributed by atoms with Gasteiger partial charge in [-0.2, -0.15) is 0 Å². The van der Waals surface area contributed by atoms with E-state index in [0.717, 1.165) is 22.3 Å². The molecule has 0 saturated carbocycles. The molecule has 0 radical (unpaired) electrons. The summed E-state index contributed by atoms with van der Waals surface area (Å²) in [4.78, 5) is 31.9. The Labute approximate surface area is 166 Å². The van der Waals surface area contributed by atoms with E-state index in [-0.39, 0.29) is 11.6 Å². The maximum absolute atomic E-state index is 12.8. The molecule has 1 fully saturated rings. The second-order valence-electron chi connectivity index (χ2n) is 6.54. The van der Waals surface area contributed by atoms with Crippen LogP contribution < -0.4 is 5.69 Å². The van der Waals surface area contributed by atoms with Crippen molar-refractivity contribution in [2.45, 2.75) is 6.92 Å². The summed E-state index contributed by atoms with van der Waals surface area (Å²) < 4.78 is 3.23. The Morgan fingerprint density at radius 1 is 1.00 bits per heavy atom. The van der Waals surface area contributed by atoms with Crippen molar-refractivity contribution in [3.63, 3.8) is 0 Å². The van der Waals surface area contributed by atoms with E-state index >= 15 is 0 Å². The summed E-state index contributed by atoms with van der Waals surface area (Å²) in [6, 6.07) is 15.4. The first-order chi connectivity index (χ1) is 13.5. The molecule has 7 heteroatoms. The summed E-state index contributed by atoms with van der Waals surface area (Å²) in [6.07, 6.45) is 1.86. The Morgan fingerprint density at radius 3 is 2.43 bits per heavy atom. The Morgan fingerprint density at radius 2 is 1.71 bits per heavy atom. The molecule has 0 N–H and O–H groups in total. The minimum atomic E-state index is -0.0689. The molecule has 0 spiro atoms. The van der Waals surface area contributed by atoms with Gasteiger partial charge in [-0.05, 0) is 54.6 Å². The van der Waals surface area contributed by atoms with Crippen LogP contribution in [0.4, 0.5) is 5.69 Å². The second kappa shape index (κ2) is 7.16. The molecule has 1 aromatic heterocycles. The molecule has 2 aromatic carbocycles. The quantitative estimate of drug-likeness (QED) is 0.641. The fourth-order valence-electron chi connectivity index (χ4n) is 3.25. The predicted molar refractivity (Wildman–Crippen MR) is 115 cm³/mol. The minimum absolute atomic E-state index is 0.0516. The molecule has 6 nitrogen and oxygen atoms in total. The van der Waals surface area contributed by atoms with Crippen molar-refractivity contribution in [2.24, 2.45) is 19.1 Å². The Hall–Kier alpha value is -3.06. The van der Waals surface area contributed by atoms with Gasteiger partial charge >= 0.3 is 5.69 Å². The van der Waals surface area contributed by atoms with Crippen molar-refractivity contribution in [3.8, 4) is 0 Å². The number of aryl methyl sites for hydroxylation is 2. The number of carbonyl (C=O) groups excluding carboxylic acids is 1. The van der Waals surface area contributed by atoms with Crippen molar-refractivity contribution in [2.75, 3.05) is 6.54 Å². The largest absolute Gasteiger partial charge is 0.328 e. The number of thioether (sulfide) groups is 1. The number of hydrogen-bond donors (Lipinski definition) is 0. The van der Waals surface area contributed by atoms with E-state index < -0.39 is 0 Å². The third-order valence-corrected chi connectivity index (χ3v) is 5.79. The van der Waals surface area contributed by atoms with Gasteiger partial charge in [0.25, 0.3) is 5.91 Å². The Balaban J connectivity index is 1.73. The smallest absolute Gasteiger partial charge is 0.295 e. The van der Waals surface area contributed by atoms with Crippen LogP contribution in [0.5, 0.6) is 0 Å². The van der Waals surface area contributed by atoms with Gasteiger partial charge in [0.2, 0.25) is 0 Å². The van der Waals surface area contributed by atoms with Gasteiger partial charge in [-0.1, -0.05) is 24.3 Å². The molecule has 4 rings (SSSR count). The van der Waals surface area contributed by atoms with E-state index in [9.17, 15) is 9.59 Å². The third-order valence-electron chi connectivity index (χ3n) is 4.78. The number of benzene rings is 2. The lowest BCUT2D eigenvalue weighted by Crippen LogP contribution is -2.28. The van der Waals surface area contributed by atoms with Crippen LogP contribution in [0, 0.1) is 0 Å². The number of carbonyl (C=O) groups is 1. The zero-order chi connectivity index (χ0) is 19.8. The van der Waals surface area contributed by atoms with Gasteiger partial charge in [0.15, 0.2) is 5.17 Å². The highest BCUT2D eigenvalue weighted by Crippen LogP contribution is 2.34. The number of amidine groups is 1. The number of fused-ring (bicyclic) bond motifs is 1. The first kappa shape index (κ1) is 18.3. The average molecular weight is 392 g/mol. The van der Waals surface area contributed by atoms with Gasteiger partial charge in [-0.3, -0.25) is 18.8 Å². The van der Waals surface area contributed by atoms with Crippen molar-refractivity contribution >= 4 is 45.6 Å². The van der Waals surface area contributed by atoms with Gasteiger partial charge in [-0.15, -0.1) is 0 Å². The third kappa shape index (κ3) is 3.07. The summed E-state index contributed by atoms with van der Waals surface area (Å²) in [5, 5.41) is 0.679. The van der Waals surface area contributed by atoms with Gasteiger partial charge in [0, 0.05) is 20.6 Å². The van der Waals surface area contributed by atoms with Crippen LogP contribution in [0.1, 0.15) is 12.5 Å². The van der Waals surface area contributed by atoms with Crippen molar-refractivity contribution in [1.29, 1.82) is 0 Å². The van der Waals surface area contributed by atoms with E-state index in [0.29, 0.717) is 16.6 Å². The van der Waals surface area contributed by atoms with Crippen LogP contribution in [-0.2, 0) is 18.9 Å². The maximum Gasteiger partial charge on any atom is 0.328 e. The van der Waals surface area contributed by atoms with Crippen molar-refractivity contribution in [3.05, 3.63) is 69.5 Å². The van der Waals surface area contributed by atoms with Gasteiger partial charge < -0.3 is 0 Å². The molecule has 3 aromatic rings. The molecule has 1 saturated heterocycles. The highest BCUT2D eigenvalue weighted by Gasteiger charge is 2.32. The zero-order valence-electron chi connectivity index (χ0n) is 15.9. The first-order valence-corrected chi connectivity index (χ1v) is 9.82. The molecule has 1 aliphatic heterocycles. The number of rotatable bonds is 3. The van der Waals surface area contributed by atoms with Gasteiger partial charge in [-0.25, -0.2) is 9.79 Å². The molecule has 1 aliphatic rings. The molecule has 2 heterocycles. The summed E-state index contributed by atoms with van der Waals surface area (Å²) in [5.41, 5.74) is 3.32. The number of aliphatic imine (C=N–C) groups is 1. The number of likely N-dealkylation sites (N-methyl/N-ethyl adjacent to an activating group) is 1. The number of nitrogens with zero attached hydrogens (tertiary/aromatic N) is 4. The van der Waals surface area contributed by atoms with Crippen molar-refractivity contribution < 1.29 is 4.79 Å². The zero-order valence-corrected chi connectivity index (χ0v) is 16.7. The molecular weight excluding hydrogens is 372 g/mol. The van der Waals surface area contributed by atoms with Gasteiger partial charge in [0.1, 0.15) is 0 Å². The predicted octanol–water partition coefficient (Wildman–Crippen LogP) is 3.50. The molecule has 0 bridgehead atoms. The second-order valence-corrected chi connectivity index (χ2v) is 7.55. The first-order valence-electron chi connectivity index (χ1n) is 9.00. The molecule has 1 amide bonds. The minimum Gasteiger partial charge on any atom is -0.295 e. The summed E-state index contributed by atoms with van der Waals surface area (Å²) in [5.74, 6) is -0.0516. The molecule has 0 aliphatic carbocycles. The standard InChI is InChI=1S/C21H20N4O2S/c1-4-25-19(26)18(28-20(25)22-15-8-6-5-7-9-15)13-14-10-11-16-17(12-14)24(3)21(27)23(16)2/h5-13H,4H2,1-3H3/b18-13+,22-20?. The van der Waals surface area contributed by atoms with E-state index in [1.165, 1.54) is 11.8 Å². The molecule has 0 unspecified atom stereocenters. The van der Waals surface area contributed by atoms with Crippen LogP contribution >= 0.6 is 11.8 Å². The molecular formula is C21H20N4O2S. The maximum atomic E-state index is 12.8. The number of para-hydroxylation sites is 1. The number of hydrogen-bond acceptors (Lipinski definition) is 4. The Bertz CT molecular complexity index is 1190. The van der Waals surface area contributed by atoms with Crippen molar-refractivity contribution in [1.82, 2.24) is 14.0 Å². The summed E-state index contributed by atoms with van der Waals surface area (Å²) in [6.45, 7) is 2.49. The fourth-order valence-corrected chi connectivity index (χ4v) is 4.31. The Kier molecular flexibility index (Phi) is 4.68. The fraction of sp³-hybridized carbons (Fsp3) is 0.190. The topological polar surface area (TPSA) is 59.6 Å². The van der Waals surface area contributed by atoms with Crippen LogP contribution in [-0.4, -0.2) is 31.7 Å². The SMILES string of the molecule is CCN1C(=O)/C(=C\c2ccc3c(c2)n(C)c(=O)n3C)SC1=Nc1ccccc1. The number of imidazole rings is 1. The molecule has 28 heavy (non-hydrogen) atoms. The van der Waals surface area contributed by atoms with E-state index in [1.54, 1.807) is 28.1 Å². The van der Waals surface area contributed by atoms with E-state index in [1.807, 2.05) is 61.5 Å². The summed E-state index contributed by atoms with van der Waals surface area (Å²) in [7, 11) is 3.51. The highest BCUT2D eigenvalue weighted by atomic mass is 32.2. The van der Waals surface area contributed by atoms with Crippen LogP contribution in [0.3, 0.4) is 0 Å². The number of amides is 1. The summed E-state index contributed by atoms with van der Waals surface area (Å²) >= 11 is 1.37. The molecule has 0 atom stereocenters. The average Bonchev–Trinajstić information content (AvgIpc) is 3.11. The monoisotopic (exact) mass is 392 g/mol. The van der Waals surface area contributed by atoms with E-state index in [2.05, 4.69) is 4.99 Å². The van der Waals surface area contributed by atoms with E-state index in [4.69, 9.17) is 0 Å². The lowest BCUT2D eigenvalue weighted by Gasteiger charge is -2.11. The lowest BCUT2D eigenvalue weighted by atomic mass is 10.2. The van der Waals surface area contributed by atoms with Crippen LogP contribution in [0.15, 0.2) is 63.2 Å². The van der Waals surface area contributed by atoms with Crippen LogP contribution in [0.2, 0.25) is 0 Å². The molecule has 142 valence electrons. The van der Waals surface area contributed by atoms with Gasteiger partial charge in [0.05, 0.1) is 21.6 Å². The van der Waals surface area contributed by atoms with Crippen LogP contribution in [0.25, 0.3) is 17.1 Å². The lowest BCUT2D eigenvalue weighted by molar-refractivity contribution is -0.122.